The maximum Gasteiger partial charge on any atom is 0.105 e. The van der Waals surface area contributed by atoms with Crippen molar-refractivity contribution in [2.75, 3.05) is 20.3 Å². The molecule has 1 unspecified atom stereocenters. The highest BCUT2D eigenvalue weighted by atomic mass is 19.1. The molecule has 0 fully saturated rings. The molecule has 0 bridgehead atoms. The van der Waals surface area contributed by atoms with Crippen LogP contribution in [0.5, 0.6) is 0 Å². The standard InChI is InChI=1S/C29H32FN/c1-31(26(22-30)20-17-23-10-3-2-4-11-23)21-9-16-29-27-14-7-5-12-24(27)18-19-25-13-6-8-15-28(25)29/h2-8,10-16,26H,9,17-22H2,1H3. The number of rotatable bonds is 8. The molecule has 1 aliphatic carbocycles. The zero-order valence-corrected chi connectivity index (χ0v) is 18.4. The number of hydrogen-bond acceptors (Lipinski definition) is 1. The summed E-state index contributed by atoms with van der Waals surface area (Å²) in [6.07, 6.45) is 7.20. The molecule has 2 heteroatoms. The summed E-state index contributed by atoms with van der Waals surface area (Å²) in [7, 11) is 2.06. The summed E-state index contributed by atoms with van der Waals surface area (Å²) in [5.41, 5.74) is 8.15. The molecule has 0 heterocycles. The van der Waals surface area contributed by atoms with Gasteiger partial charge in [-0.3, -0.25) is 0 Å². The Bertz CT molecular complexity index is 959. The van der Waals surface area contributed by atoms with Crippen molar-refractivity contribution < 1.29 is 4.39 Å². The van der Waals surface area contributed by atoms with Crippen molar-refractivity contribution in [3.05, 3.63) is 113 Å². The summed E-state index contributed by atoms with van der Waals surface area (Å²) in [5.74, 6) is 0. The van der Waals surface area contributed by atoms with E-state index >= 15 is 0 Å². The van der Waals surface area contributed by atoms with Gasteiger partial charge in [-0.1, -0.05) is 84.9 Å². The average molecular weight is 414 g/mol. The molecule has 160 valence electrons. The first kappa shape index (κ1) is 21.5. The van der Waals surface area contributed by atoms with Crippen LogP contribution in [-0.4, -0.2) is 31.2 Å². The molecule has 4 rings (SSSR count). The molecule has 0 amide bonds. The van der Waals surface area contributed by atoms with E-state index in [1.807, 2.05) is 6.07 Å². The second-order valence-corrected chi connectivity index (χ2v) is 8.53. The summed E-state index contributed by atoms with van der Waals surface area (Å²) in [6.45, 7) is 0.558. The minimum Gasteiger partial charge on any atom is -0.300 e. The quantitative estimate of drug-likeness (QED) is 0.407. The van der Waals surface area contributed by atoms with Gasteiger partial charge in [0.2, 0.25) is 0 Å². The molecule has 0 N–H and O–H groups in total. The molecule has 0 saturated heterocycles. The van der Waals surface area contributed by atoms with Gasteiger partial charge in [0.15, 0.2) is 0 Å². The van der Waals surface area contributed by atoms with Crippen molar-refractivity contribution in [3.8, 4) is 0 Å². The lowest BCUT2D eigenvalue weighted by molar-refractivity contribution is 0.194. The van der Waals surface area contributed by atoms with Crippen LogP contribution in [0.25, 0.3) is 5.57 Å². The van der Waals surface area contributed by atoms with Crippen LogP contribution in [0.2, 0.25) is 0 Å². The van der Waals surface area contributed by atoms with Crippen molar-refractivity contribution in [1.82, 2.24) is 4.90 Å². The zero-order valence-electron chi connectivity index (χ0n) is 18.4. The van der Waals surface area contributed by atoms with Gasteiger partial charge in [0.25, 0.3) is 0 Å². The fourth-order valence-corrected chi connectivity index (χ4v) is 4.62. The number of hydrogen-bond donors (Lipinski definition) is 0. The first-order valence-corrected chi connectivity index (χ1v) is 11.4. The molecule has 0 aliphatic heterocycles. The van der Waals surface area contributed by atoms with E-state index in [2.05, 4.69) is 90.8 Å². The second kappa shape index (κ2) is 10.5. The van der Waals surface area contributed by atoms with E-state index in [9.17, 15) is 4.39 Å². The highest BCUT2D eigenvalue weighted by Crippen LogP contribution is 2.33. The lowest BCUT2D eigenvalue weighted by Crippen LogP contribution is -2.34. The second-order valence-electron chi connectivity index (χ2n) is 8.53. The molecule has 1 nitrogen and oxygen atoms in total. The van der Waals surface area contributed by atoms with Gasteiger partial charge in [-0.25, -0.2) is 4.39 Å². The predicted octanol–water partition coefficient (Wildman–Crippen LogP) is 6.51. The van der Waals surface area contributed by atoms with Crippen LogP contribution >= 0.6 is 0 Å². The van der Waals surface area contributed by atoms with Crippen LogP contribution in [0.4, 0.5) is 4.39 Å². The minimum atomic E-state index is -0.300. The highest BCUT2D eigenvalue weighted by Gasteiger charge is 2.18. The number of nitrogens with zero attached hydrogens (tertiary/aromatic N) is 1. The molecule has 1 atom stereocenters. The monoisotopic (exact) mass is 413 g/mol. The maximum absolute atomic E-state index is 13.8. The van der Waals surface area contributed by atoms with Gasteiger partial charge in [0.1, 0.15) is 6.67 Å². The summed E-state index contributed by atoms with van der Waals surface area (Å²) in [4.78, 5) is 2.19. The smallest absolute Gasteiger partial charge is 0.105 e. The van der Waals surface area contributed by atoms with Crippen molar-refractivity contribution in [2.24, 2.45) is 0 Å². The Morgan fingerprint density at radius 3 is 2.03 bits per heavy atom. The van der Waals surface area contributed by atoms with Crippen LogP contribution in [0.15, 0.2) is 84.9 Å². The van der Waals surface area contributed by atoms with Crippen molar-refractivity contribution in [3.63, 3.8) is 0 Å². The first-order valence-electron chi connectivity index (χ1n) is 11.4. The molecule has 1 aliphatic rings. The number of benzene rings is 3. The SMILES string of the molecule is CN(CCC=C1c2ccccc2CCc2ccccc21)C(CF)CCc1ccccc1. The summed E-state index contributed by atoms with van der Waals surface area (Å²) in [5, 5.41) is 0. The third kappa shape index (κ3) is 5.32. The van der Waals surface area contributed by atoms with Gasteiger partial charge in [-0.15, -0.1) is 0 Å². The fourth-order valence-electron chi connectivity index (χ4n) is 4.62. The molecule has 0 aromatic heterocycles. The van der Waals surface area contributed by atoms with Crippen LogP contribution in [0, 0.1) is 0 Å². The normalized spacial score (nSPS) is 14.0. The Morgan fingerprint density at radius 2 is 1.42 bits per heavy atom. The third-order valence-corrected chi connectivity index (χ3v) is 6.52. The first-order chi connectivity index (χ1) is 15.3. The molecule has 3 aromatic carbocycles. The Kier molecular flexibility index (Phi) is 7.32. The van der Waals surface area contributed by atoms with E-state index in [-0.39, 0.29) is 12.7 Å². The molecule has 31 heavy (non-hydrogen) atoms. The van der Waals surface area contributed by atoms with Crippen LogP contribution in [0.1, 0.15) is 40.7 Å². The zero-order chi connectivity index (χ0) is 21.5. The van der Waals surface area contributed by atoms with E-state index in [0.717, 1.165) is 38.6 Å². The molecule has 0 saturated carbocycles. The summed E-state index contributed by atoms with van der Waals surface area (Å²) >= 11 is 0. The molecular weight excluding hydrogens is 381 g/mol. The van der Waals surface area contributed by atoms with Gasteiger partial charge in [-0.05, 0) is 72.5 Å². The maximum atomic E-state index is 13.8. The molecule has 0 spiro atoms. The van der Waals surface area contributed by atoms with Gasteiger partial charge in [0.05, 0.1) is 0 Å². The van der Waals surface area contributed by atoms with Gasteiger partial charge >= 0.3 is 0 Å². The molecule has 3 aromatic rings. The van der Waals surface area contributed by atoms with E-state index in [0.29, 0.717) is 0 Å². The van der Waals surface area contributed by atoms with E-state index < -0.39 is 0 Å². The molecular formula is C29H32FN. The Labute approximate surface area is 186 Å². The van der Waals surface area contributed by atoms with Crippen LogP contribution in [-0.2, 0) is 19.3 Å². The van der Waals surface area contributed by atoms with Gasteiger partial charge in [0, 0.05) is 12.6 Å². The third-order valence-electron chi connectivity index (χ3n) is 6.52. The highest BCUT2D eigenvalue weighted by molar-refractivity contribution is 5.83. The topological polar surface area (TPSA) is 3.24 Å². The molecule has 0 radical (unpaired) electrons. The van der Waals surface area contributed by atoms with E-state index in [1.54, 1.807) is 0 Å². The average Bonchev–Trinajstić information content (AvgIpc) is 2.97. The van der Waals surface area contributed by atoms with Crippen LogP contribution in [0.3, 0.4) is 0 Å². The number of fused-ring (bicyclic) bond motifs is 2. The Morgan fingerprint density at radius 1 is 0.839 bits per heavy atom. The lowest BCUT2D eigenvalue weighted by Gasteiger charge is -2.25. The number of halogens is 1. The van der Waals surface area contributed by atoms with Crippen molar-refractivity contribution in [1.29, 1.82) is 0 Å². The number of aryl methyl sites for hydroxylation is 3. The lowest BCUT2D eigenvalue weighted by atomic mass is 9.93. The Balaban J connectivity index is 1.46. The Hall–Kier alpha value is -2.71. The van der Waals surface area contributed by atoms with E-state index in [1.165, 1.54) is 33.4 Å². The largest absolute Gasteiger partial charge is 0.300 e. The summed E-state index contributed by atoms with van der Waals surface area (Å²) < 4.78 is 13.8. The van der Waals surface area contributed by atoms with Gasteiger partial charge < -0.3 is 4.90 Å². The van der Waals surface area contributed by atoms with E-state index in [4.69, 9.17) is 0 Å². The minimum absolute atomic E-state index is 0.0349. The van der Waals surface area contributed by atoms with Crippen molar-refractivity contribution in [2.45, 2.75) is 38.1 Å². The van der Waals surface area contributed by atoms with Crippen LogP contribution < -0.4 is 0 Å². The van der Waals surface area contributed by atoms with Gasteiger partial charge in [-0.2, -0.15) is 0 Å². The summed E-state index contributed by atoms with van der Waals surface area (Å²) in [6, 6.07) is 27.9. The van der Waals surface area contributed by atoms with Crippen molar-refractivity contribution >= 4 is 5.57 Å². The number of alkyl halides is 1. The predicted molar refractivity (Wildman–Crippen MR) is 129 cm³/mol. The fraction of sp³-hybridized carbons (Fsp3) is 0.310.